The summed E-state index contributed by atoms with van der Waals surface area (Å²) in [6, 6.07) is 4.47. The summed E-state index contributed by atoms with van der Waals surface area (Å²) in [6.45, 7) is 6.66. The highest BCUT2D eigenvalue weighted by atomic mass is 15.0. The lowest BCUT2D eigenvalue weighted by Gasteiger charge is -2.34. The molecule has 94 valence electrons. The molecule has 3 N–H and O–H groups in total. The molecule has 1 aliphatic carbocycles. The maximum Gasteiger partial charge on any atom is 0.126 e. The van der Waals surface area contributed by atoms with Crippen LogP contribution < -0.4 is 11.1 Å². The molecule has 1 heterocycles. The fourth-order valence-electron chi connectivity index (χ4n) is 2.40. The molecule has 0 bridgehead atoms. The van der Waals surface area contributed by atoms with Crippen molar-refractivity contribution in [3.63, 3.8) is 0 Å². The number of nitrogen functional groups attached to an aromatic ring is 1. The fourth-order valence-corrected chi connectivity index (χ4v) is 2.40. The summed E-state index contributed by atoms with van der Waals surface area (Å²) < 4.78 is 0. The van der Waals surface area contributed by atoms with Gasteiger partial charge >= 0.3 is 0 Å². The number of hydrogen-bond acceptors (Lipinski definition) is 3. The maximum atomic E-state index is 5.77. The highest BCUT2D eigenvalue weighted by Crippen LogP contribution is 2.35. The quantitative estimate of drug-likeness (QED) is 0.823. The number of nitrogens with two attached hydrogens (primary N) is 1. The fraction of sp³-hybridized carbons (Fsp3) is 0.643. The molecule has 1 fully saturated rings. The zero-order valence-electron chi connectivity index (χ0n) is 11.1. The Balaban J connectivity index is 1.95. The molecule has 1 aromatic rings. The van der Waals surface area contributed by atoms with Gasteiger partial charge in [0, 0.05) is 6.04 Å². The van der Waals surface area contributed by atoms with Crippen LogP contribution >= 0.6 is 0 Å². The Morgan fingerprint density at radius 1 is 1.29 bits per heavy atom. The highest BCUT2D eigenvalue weighted by Gasteiger charge is 2.26. The molecule has 2 rings (SSSR count). The molecule has 0 atom stereocenters. The summed E-state index contributed by atoms with van der Waals surface area (Å²) in [7, 11) is 0. The minimum absolute atomic E-state index is 0.517. The number of pyridine rings is 1. The number of hydrogen-bond donors (Lipinski definition) is 2. The SMILES string of the molecule is Cc1nc(NC2CCC(C)(C)CC2)ccc1N. The molecule has 0 radical (unpaired) electrons. The van der Waals surface area contributed by atoms with E-state index >= 15 is 0 Å². The summed E-state index contributed by atoms with van der Waals surface area (Å²) in [6.07, 6.45) is 5.05. The summed E-state index contributed by atoms with van der Waals surface area (Å²) in [4.78, 5) is 4.47. The molecule has 1 saturated carbocycles. The van der Waals surface area contributed by atoms with Gasteiger partial charge in [-0.15, -0.1) is 0 Å². The topological polar surface area (TPSA) is 50.9 Å². The number of nitrogens with one attached hydrogen (secondary N) is 1. The first-order chi connectivity index (χ1) is 7.96. The Morgan fingerprint density at radius 2 is 1.94 bits per heavy atom. The van der Waals surface area contributed by atoms with Crippen LogP contribution in [0.2, 0.25) is 0 Å². The average Bonchev–Trinajstić information content (AvgIpc) is 2.27. The Kier molecular flexibility index (Phi) is 3.27. The molecule has 0 spiro atoms. The third-order valence-corrected chi connectivity index (χ3v) is 3.82. The molecule has 1 aromatic heterocycles. The summed E-state index contributed by atoms with van der Waals surface area (Å²) >= 11 is 0. The average molecular weight is 233 g/mol. The molecule has 0 aromatic carbocycles. The number of aryl methyl sites for hydroxylation is 1. The first kappa shape index (κ1) is 12.2. The van der Waals surface area contributed by atoms with Crippen LogP contribution in [0.25, 0.3) is 0 Å². The lowest BCUT2D eigenvalue weighted by molar-refractivity contribution is 0.232. The van der Waals surface area contributed by atoms with Crippen LogP contribution in [0.5, 0.6) is 0 Å². The van der Waals surface area contributed by atoms with Crippen LogP contribution in [0.4, 0.5) is 11.5 Å². The number of anilines is 2. The predicted molar refractivity (Wildman–Crippen MR) is 73.0 cm³/mol. The monoisotopic (exact) mass is 233 g/mol. The van der Waals surface area contributed by atoms with Crippen LogP contribution in [-0.2, 0) is 0 Å². The normalized spacial score (nSPS) is 20.2. The standard InChI is InChI=1S/C14H23N3/c1-10-12(15)4-5-13(16-10)17-11-6-8-14(2,3)9-7-11/h4-5,11H,6-9,15H2,1-3H3,(H,16,17). The minimum atomic E-state index is 0.517. The molecular formula is C14H23N3. The predicted octanol–water partition coefficient (Wildman–Crippen LogP) is 3.35. The van der Waals surface area contributed by atoms with Crippen LogP contribution in [0.3, 0.4) is 0 Å². The van der Waals surface area contributed by atoms with Crippen molar-refractivity contribution >= 4 is 11.5 Å². The van der Waals surface area contributed by atoms with Gasteiger partial charge < -0.3 is 11.1 Å². The summed E-state index contributed by atoms with van der Waals surface area (Å²) in [5.41, 5.74) is 7.96. The van der Waals surface area contributed by atoms with E-state index in [1.165, 1.54) is 25.7 Å². The van der Waals surface area contributed by atoms with Crippen molar-refractivity contribution in [3.05, 3.63) is 17.8 Å². The number of aromatic nitrogens is 1. The van der Waals surface area contributed by atoms with Crippen LogP contribution in [0, 0.1) is 12.3 Å². The van der Waals surface area contributed by atoms with Gasteiger partial charge in [0.25, 0.3) is 0 Å². The van der Waals surface area contributed by atoms with Crippen molar-refractivity contribution in [1.82, 2.24) is 4.98 Å². The molecular weight excluding hydrogens is 210 g/mol. The van der Waals surface area contributed by atoms with E-state index in [1.807, 2.05) is 19.1 Å². The minimum Gasteiger partial charge on any atom is -0.397 e. The van der Waals surface area contributed by atoms with Crippen molar-refractivity contribution in [2.75, 3.05) is 11.1 Å². The Bertz CT molecular complexity index is 388. The van der Waals surface area contributed by atoms with E-state index in [9.17, 15) is 0 Å². The van der Waals surface area contributed by atoms with E-state index in [1.54, 1.807) is 0 Å². The first-order valence-electron chi connectivity index (χ1n) is 6.46. The van der Waals surface area contributed by atoms with Crippen molar-refractivity contribution in [3.8, 4) is 0 Å². The van der Waals surface area contributed by atoms with Gasteiger partial charge in [-0.05, 0) is 50.2 Å². The summed E-state index contributed by atoms with van der Waals surface area (Å²) in [5, 5.41) is 3.52. The Labute approximate surface area is 104 Å². The van der Waals surface area contributed by atoms with Crippen molar-refractivity contribution in [2.45, 2.75) is 52.5 Å². The third-order valence-electron chi connectivity index (χ3n) is 3.82. The molecule has 0 amide bonds. The van der Waals surface area contributed by atoms with E-state index in [-0.39, 0.29) is 0 Å². The van der Waals surface area contributed by atoms with Gasteiger partial charge in [-0.25, -0.2) is 4.98 Å². The van der Waals surface area contributed by atoms with E-state index < -0.39 is 0 Å². The van der Waals surface area contributed by atoms with Gasteiger partial charge in [-0.2, -0.15) is 0 Å². The zero-order chi connectivity index (χ0) is 12.5. The maximum absolute atomic E-state index is 5.77. The molecule has 0 saturated heterocycles. The van der Waals surface area contributed by atoms with E-state index in [0.29, 0.717) is 11.5 Å². The smallest absolute Gasteiger partial charge is 0.126 e. The lowest BCUT2D eigenvalue weighted by atomic mass is 9.75. The van der Waals surface area contributed by atoms with Crippen LogP contribution in [-0.4, -0.2) is 11.0 Å². The third kappa shape index (κ3) is 3.11. The molecule has 0 unspecified atom stereocenters. The molecule has 1 aliphatic rings. The van der Waals surface area contributed by atoms with Crippen molar-refractivity contribution < 1.29 is 0 Å². The second kappa shape index (κ2) is 4.55. The second-order valence-electron chi connectivity index (χ2n) is 5.95. The molecule has 0 aliphatic heterocycles. The second-order valence-corrected chi connectivity index (χ2v) is 5.95. The van der Waals surface area contributed by atoms with Crippen LogP contribution in [0.15, 0.2) is 12.1 Å². The number of nitrogens with zero attached hydrogens (tertiary/aromatic N) is 1. The lowest BCUT2D eigenvalue weighted by Crippen LogP contribution is -2.30. The summed E-state index contributed by atoms with van der Waals surface area (Å²) in [5.74, 6) is 0.960. The van der Waals surface area contributed by atoms with E-state index in [2.05, 4.69) is 24.1 Å². The van der Waals surface area contributed by atoms with Gasteiger partial charge in [0.2, 0.25) is 0 Å². The molecule has 17 heavy (non-hydrogen) atoms. The zero-order valence-corrected chi connectivity index (χ0v) is 11.1. The van der Waals surface area contributed by atoms with Gasteiger partial charge in [0.05, 0.1) is 11.4 Å². The van der Waals surface area contributed by atoms with E-state index in [0.717, 1.165) is 17.2 Å². The highest BCUT2D eigenvalue weighted by molar-refractivity contribution is 5.49. The first-order valence-corrected chi connectivity index (χ1v) is 6.46. The molecule has 3 heteroatoms. The van der Waals surface area contributed by atoms with Crippen molar-refractivity contribution in [1.29, 1.82) is 0 Å². The largest absolute Gasteiger partial charge is 0.397 e. The Hall–Kier alpha value is -1.25. The van der Waals surface area contributed by atoms with Gasteiger partial charge in [-0.1, -0.05) is 13.8 Å². The van der Waals surface area contributed by atoms with E-state index in [4.69, 9.17) is 5.73 Å². The van der Waals surface area contributed by atoms with Crippen molar-refractivity contribution in [2.24, 2.45) is 5.41 Å². The van der Waals surface area contributed by atoms with Crippen LogP contribution in [0.1, 0.15) is 45.2 Å². The van der Waals surface area contributed by atoms with Gasteiger partial charge in [-0.3, -0.25) is 0 Å². The molecule has 3 nitrogen and oxygen atoms in total. The van der Waals surface area contributed by atoms with Gasteiger partial charge in [0.1, 0.15) is 5.82 Å². The number of rotatable bonds is 2. The van der Waals surface area contributed by atoms with Gasteiger partial charge in [0.15, 0.2) is 0 Å². The Morgan fingerprint density at radius 3 is 2.53 bits per heavy atom.